The highest BCUT2D eigenvalue weighted by Gasteiger charge is 2.30. The molecule has 1 aliphatic rings. The van der Waals surface area contributed by atoms with Gasteiger partial charge in [-0.15, -0.1) is 0 Å². The maximum Gasteiger partial charge on any atom is 0.240 e. The van der Waals surface area contributed by atoms with Gasteiger partial charge in [-0.2, -0.15) is 0 Å². The maximum absolute atomic E-state index is 12.5. The summed E-state index contributed by atoms with van der Waals surface area (Å²) in [6.07, 6.45) is 3.58. The number of amides is 2. The minimum absolute atomic E-state index is 0.00269. The summed E-state index contributed by atoms with van der Waals surface area (Å²) in [5.74, 6) is 0.407. The third-order valence-electron chi connectivity index (χ3n) is 4.95. The zero-order valence-electron chi connectivity index (χ0n) is 15.5. The summed E-state index contributed by atoms with van der Waals surface area (Å²) < 4.78 is 5.78. The monoisotopic (exact) mass is 366 g/mol. The number of carbonyl (C=O) groups excluding carboxylic acids is 2. The van der Waals surface area contributed by atoms with Crippen molar-refractivity contribution in [2.75, 3.05) is 6.54 Å². The quantitative estimate of drug-likeness (QED) is 0.818. The van der Waals surface area contributed by atoms with Gasteiger partial charge in [0.25, 0.3) is 0 Å². The molecular weight excluding hydrogens is 340 g/mol. The molecule has 0 saturated carbocycles. The molecule has 2 aromatic carbocycles. The van der Waals surface area contributed by atoms with Crippen LogP contribution in [0.1, 0.15) is 36.8 Å². The molecule has 27 heavy (non-hydrogen) atoms. The van der Waals surface area contributed by atoms with E-state index < -0.39 is 11.9 Å². The molecule has 0 aromatic heterocycles. The van der Waals surface area contributed by atoms with Crippen molar-refractivity contribution in [2.24, 2.45) is 5.73 Å². The van der Waals surface area contributed by atoms with Crippen LogP contribution in [0.5, 0.6) is 5.75 Å². The predicted molar refractivity (Wildman–Crippen MR) is 104 cm³/mol. The molecular formula is C22H26N2O3. The average molecular weight is 366 g/mol. The number of rotatable bonds is 7. The van der Waals surface area contributed by atoms with Crippen LogP contribution in [-0.2, 0) is 22.6 Å². The van der Waals surface area contributed by atoms with Gasteiger partial charge in [-0.05, 0) is 48.9 Å². The largest absolute Gasteiger partial charge is 0.489 e. The minimum Gasteiger partial charge on any atom is -0.489 e. The van der Waals surface area contributed by atoms with Crippen LogP contribution in [-0.4, -0.2) is 29.3 Å². The van der Waals surface area contributed by atoms with E-state index in [4.69, 9.17) is 10.5 Å². The van der Waals surface area contributed by atoms with Crippen molar-refractivity contribution in [3.8, 4) is 5.75 Å². The first-order chi connectivity index (χ1) is 13.1. The first-order valence-corrected chi connectivity index (χ1v) is 9.48. The number of ether oxygens (including phenoxy) is 1. The lowest BCUT2D eigenvalue weighted by Gasteiger charge is -2.33. The normalized spacial score (nSPS) is 16.7. The lowest BCUT2D eigenvalue weighted by Crippen LogP contribution is -2.50. The fraction of sp³-hybridized carbons (Fsp3) is 0.364. The summed E-state index contributed by atoms with van der Waals surface area (Å²) in [5, 5.41) is 0. The standard InChI is InChI=1S/C22H26N2O3/c23-22(26)20-8-4-5-15-24(20)21(25)14-11-17-9-12-19(13-10-17)27-16-18-6-2-1-3-7-18/h1-3,6-7,9-10,12-13,20H,4-5,8,11,14-16H2,(H2,23,26). The van der Waals surface area contributed by atoms with Gasteiger partial charge in [0, 0.05) is 13.0 Å². The Morgan fingerprint density at radius 3 is 2.44 bits per heavy atom. The number of piperidine rings is 1. The van der Waals surface area contributed by atoms with Crippen molar-refractivity contribution < 1.29 is 14.3 Å². The average Bonchev–Trinajstić information content (AvgIpc) is 2.72. The van der Waals surface area contributed by atoms with E-state index in [1.54, 1.807) is 4.90 Å². The number of benzene rings is 2. The van der Waals surface area contributed by atoms with Crippen LogP contribution < -0.4 is 10.5 Å². The second kappa shape index (κ2) is 9.21. The van der Waals surface area contributed by atoms with Gasteiger partial charge in [0.2, 0.25) is 11.8 Å². The molecule has 1 aliphatic heterocycles. The Bertz CT molecular complexity index is 759. The molecule has 1 saturated heterocycles. The van der Waals surface area contributed by atoms with E-state index >= 15 is 0 Å². The summed E-state index contributed by atoms with van der Waals surface area (Å²) >= 11 is 0. The van der Waals surface area contributed by atoms with Crippen LogP contribution >= 0.6 is 0 Å². The van der Waals surface area contributed by atoms with Gasteiger partial charge in [-0.3, -0.25) is 9.59 Å². The minimum atomic E-state index is -0.444. The lowest BCUT2D eigenvalue weighted by atomic mass is 10.0. The van der Waals surface area contributed by atoms with E-state index in [-0.39, 0.29) is 5.91 Å². The highest BCUT2D eigenvalue weighted by molar-refractivity contribution is 5.86. The molecule has 2 N–H and O–H groups in total. The van der Waals surface area contributed by atoms with Crippen LogP contribution in [0, 0.1) is 0 Å². The Morgan fingerprint density at radius 2 is 1.74 bits per heavy atom. The number of nitrogens with zero attached hydrogens (tertiary/aromatic N) is 1. The second-order valence-corrected chi connectivity index (χ2v) is 6.92. The number of likely N-dealkylation sites (tertiary alicyclic amines) is 1. The van der Waals surface area contributed by atoms with Gasteiger partial charge in [0.05, 0.1) is 0 Å². The van der Waals surface area contributed by atoms with Gasteiger partial charge in [-0.25, -0.2) is 0 Å². The number of primary amides is 1. The van der Waals surface area contributed by atoms with E-state index in [0.717, 1.165) is 29.7 Å². The van der Waals surface area contributed by atoms with E-state index in [0.29, 0.717) is 32.4 Å². The van der Waals surface area contributed by atoms with E-state index in [1.807, 2.05) is 54.6 Å². The van der Waals surface area contributed by atoms with E-state index in [2.05, 4.69) is 0 Å². The molecule has 0 spiro atoms. The van der Waals surface area contributed by atoms with Crippen LogP contribution in [0.15, 0.2) is 54.6 Å². The topological polar surface area (TPSA) is 72.6 Å². The van der Waals surface area contributed by atoms with Gasteiger partial charge in [0.1, 0.15) is 18.4 Å². The number of carbonyl (C=O) groups is 2. The van der Waals surface area contributed by atoms with Crippen molar-refractivity contribution >= 4 is 11.8 Å². The first kappa shape index (κ1) is 19.0. The molecule has 1 fully saturated rings. The van der Waals surface area contributed by atoms with Crippen LogP contribution in [0.4, 0.5) is 0 Å². The Kier molecular flexibility index (Phi) is 6.47. The molecule has 0 aliphatic carbocycles. The molecule has 1 atom stereocenters. The van der Waals surface area contributed by atoms with Crippen molar-refractivity contribution in [2.45, 2.75) is 44.8 Å². The maximum atomic E-state index is 12.5. The van der Waals surface area contributed by atoms with Gasteiger partial charge < -0.3 is 15.4 Å². The third kappa shape index (κ3) is 5.33. The number of nitrogens with two attached hydrogens (primary N) is 1. The predicted octanol–water partition coefficient (Wildman–Crippen LogP) is 3.06. The van der Waals surface area contributed by atoms with Gasteiger partial charge >= 0.3 is 0 Å². The SMILES string of the molecule is NC(=O)C1CCCCN1C(=O)CCc1ccc(OCc2ccccc2)cc1. The molecule has 0 bridgehead atoms. The second-order valence-electron chi connectivity index (χ2n) is 6.92. The zero-order valence-corrected chi connectivity index (χ0v) is 15.5. The fourth-order valence-electron chi connectivity index (χ4n) is 3.41. The number of hydrogen-bond acceptors (Lipinski definition) is 3. The molecule has 142 valence electrons. The van der Waals surface area contributed by atoms with Crippen molar-refractivity contribution in [3.05, 3.63) is 65.7 Å². The Labute approximate surface area is 160 Å². The molecule has 5 nitrogen and oxygen atoms in total. The molecule has 5 heteroatoms. The molecule has 1 unspecified atom stereocenters. The lowest BCUT2D eigenvalue weighted by molar-refractivity contribution is -0.141. The molecule has 2 aromatic rings. The van der Waals surface area contributed by atoms with Crippen LogP contribution in [0.3, 0.4) is 0 Å². The Morgan fingerprint density at radius 1 is 1.00 bits per heavy atom. The van der Waals surface area contributed by atoms with Crippen LogP contribution in [0.25, 0.3) is 0 Å². The third-order valence-corrected chi connectivity index (χ3v) is 4.95. The van der Waals surface area contributed by atoms with Crippen molar-refractivity contribution in [1.29, 1.82) is 0 Å². The molecule has 1 heterocycles. The fourth-order valence-corrected chi connectivity index (χ4v) is 3.41. The molecule has 2 amide bonds. The van der Waals surface area contributed by atoms with Gasteiger partial charge in [0.15, 0.2) is 0 Å². The Balaban J connectivity index is 1.49. The highest BCUT2D eigenvalue weighted by atomic mass is 16.5. The Hall–Kier alpha value is -2.82. The molecule has 0 radical (unpaired) electrons. The van der Waals surface area contributed by atoms with E-state index in [9.17, 15) is 9.59 Å². The van der Waals surface area contributed by atoms with E-state index in [1.165, 1.54) is 0 Å². The van der Waals surface area contributed by atoms with Crippen molar-refractivity contribution in [1.82, 2.24) is 4.90 Å². The number of aryl methyl sites for hydroxylation is 1. The first-order valence-electron chi connectivity index (χ1n) is 9.48. The summed E-state index contributed by atoms with van der Waals surface area (Å²) in [6, 6.07) is 17.4. The summed E-state index contributed by atoms with van der Waals surface area (Å²) in [6.45, 7) is 1.15. The van der Waals surface area contributed by atoms with Crippen molar-refractivity contribution in [3.63, 3.8) is 0 Å². The van der Waals surface area contributed by atoms with Gasteiger partial charge in [-0.1, -0.05) is 42.5 Å². The number of hydrogen-bond donors (Lipinski definition) is 1. The zero-order chi connectivity index (χ0) is 19.1. The highest BCUT2D eigenvalue weighted by Crippen LogP contribution is 2.19. The molecule has 3 rings (SSSR count). The summed E-state index contributed by atoms with van der Waals surface area (Å²) in [7, 11) is 0. The summed E-state index contributed by atoms with van der Waals surface area (Å²) in [5.41, 5.74) is 7.64. The van der Waals surface area contributed by atoms with Crippen LogP contribution in [0.2, 0.25) is 0 Å². The smallest absolute Gasteiger partial charge is 0.240 e. The summed E-state index contributed by atoms with van der Waals surface area (Å²) in [4.78, 5) is 25.7.